The van der Waals surface area contributed by atoms with E-state index in [-0.39, 0.29) is 0 Å². The fraction of sp³-hybridized carbons (Fsp3) is 0.222. The van der Waals surface area contributed by atoms with Crippen LogP contribution in [0.2, 0.25) is 0 Å². The van der Waals surface area contributed by atoms with E-state index in [1.54, 1.807) is 17.2 Å². The number of aromatic nitrogens is 3. The summed E-state index contributed by atoms with van der Waals surface area (Å²) in [6.45, 7) is 3.69. The summed E-state index contributed by atoms with van der Waals surface area (Å²) < 4.78 is 6.76. The Morgan fingerprint density at radius 3 is 2.64 bits per heavy atom. The quantitative estimate of drug-likeness (QED) is 0.672. The van der Waals surface area contributed by atoms with Gasteiger partial charge in [0.2, 0.25) is 0 Å². The van der Waals surface area contributed by atoms with Gasteiger partial charge in [-0.15, -0.1) is 10.2 Å². The lowest BCUT2D eigenvalue weighted by Gasteiger charge is -1.94. The zero-order chi connectivity index (χ0) is 9.97. The molecule has 0 aliphatic carbocycles. The molecule has 0 atom stereocenters. The van der Waals surface area contributed by atoms with Gasteiger partial charge in [0.15, 0.2) is 11.6 Å². The summed E-state index contributed by atoms with van der Waals surface area (Å²) in [4.78, 5) is 0. The number of furan rings is 1. The monoisotopic (exact) mass is 190 g/mol. The van der Waals surface area contributed by atoms with Gasteiger partial charge in [-0.3, -0.25) is 0 Å². The second kappa shape index (κ2) is 3.45. The molecule has 5 nitrogen and oxygen atoms in total. The minimum absolute atomic E-state index is 0.706. The maximum atomic E-state index is 5.11. The molecule has 2 aromatic rings. The van der Waals surface area contributed by atoms with Crippen molar-refractivity contribution in [2.45, 2.75) is 13.8 Å². The van der Waals surface area contributed by atoms with Crippen molar-refractivity contribution in [1.29, 1.82) is 0 Å². The lowest BCUT2D eigenvalue weighted by atomic mass is 10.5. The molecule has 0 amide bonds. The number of rotatable bonds is 2. The first-order valence-electron chi connectivity index (χ1n) is 4.24. The molecule has 0 aliphatic rings. The van der Waals surface area contributed by atoms with Gasteiger partial charge in [0.05, 0.1) is 12.5 Å². The molecular formula is C9H10N4O. The van der Waals surface area contributed by atoms with E-state index in [2.05, 4.69) is 15.3 Å². The highest BCUT2D eigenvalue weighted by atomic mass is 16.3. The second-order valence-corrected chi connectivity index (χ2v) is 2.87. The van der Waals surface area contributed by atoms with E-state index in [0.29, 0.717) is 5.76 Å². The van der Waals surface area contributed by atoms with Crippen molar-refractivity contribution in [3.05, 3.63) is 35.8 Å². The Bertz CT molecular complexity index is 422. The minimum Gasteiger partial charge on any atom is -0.463 e. The molecule has 0 spiro atoms. The van der Waals surface area contributed by atoms with Crippen molar-refractivity contribution >= 4 is 6.21 Å². The van der Waals surface area contributed by atoms with Crippen molar-refractivity contribution < 1.29 is 4.42 Å². The zero-order valence-electron chi connectivity index (χ0n) is 8.01. The SMILES string of the molecule is Cc1nnc(C)n1/N=C/c1ccco1. The smallest absolute Gasteiger partial charge is 0.151 e. The molecule has 2 rings (SSSR count). The summed E-state index contributed by atoms with van der Waals surface area (Å²) in [6, 6.07) is 3.64. The molecular weight excluding hydrogens is 180 g/mol. The molecule has 0 bridgehead atoms. The van der Waals surface area contributed by atoms with Crippen LogP contribution in [0.25, 0.3) is 0 Å². The zero-order valence-corrected chi connectivity index (χ0v) is 8.01. The van der Waals surface area contributed by atoms with Crippen LogP contribution in [-0.4, -0.2) is 21.1 Å². The van der Waals surface area contributed by atoms with Gasteiger partial charge in [-0.05, 0) is 26.0 Å². The molecule has 0 aromatic carbocycles. The van der Waals surface area contributed by atoms with Gasteiger partial charge in [-0.2, -0.15) is 5.10 Å². The second-order valence-electron chi connectivity index (χ2n) is 2.87. The lowest BCUT2D eigenvalue weighted by molar-refractivity contribution is 0.559. The molecule has 14 heavy (non-hydrogen) atoms. The predicted molar refractivity (Wildman–Crippen MR) is 51.2 cm³/mol. The fourth-order valence-electron chi connectivity index (χ4n) is 1.11. The van der Waals surface area contributed by atoms with Gasteiger partial charge >= 0.3 is 0 Å². The van der Waals surface area contributed by atoms with E-state index >= 15 is 0 Å². The summed E-state index contributed by atoms with van der Waals surface area (Å²) in [5, 5.41) is 12.0. The summed E-state index contributed by atoms with van der Waals surface area (Å²) in [5.41, 5.74) is 0. The largest absolute Gasteiger partial charge is 0.463 e. The number of hydrogen-bond acceptors (Lipinski definition) is 4. The normalized spacial score (nSPS) is 11.3. The lowest BCUT2D eigenvalue weighted by Crippen LogP contribution is -1.95. The van der Waals surface area contributed by atoms with Crippen molar-refractivity contribution in [2.24, 2.45) is 5.10 Å². The Labute approximate surface area is 81.1 Å². The van der Waals surface area contributed by atoms with Crippen molar-refractivity contribution in [2.75, 3.05) is 0 Å². The van der Waals surface area contributed by atoms with E-state index in [4.69, 9.17) is 4.42 Å². The highest BCUT2D eigenvalue weighted by Crippen LogP contribution is 2.00. The molecule has 2 aromatic heterocycles. The Kier molecular flexibility index (Phi) is 2.14. The highest BCUT2D eigenvalue weighted by molar-refractivity contribution is 5.75. The van der Waals surface area contributed by atoms with Crippen molar-refractivity contribution in [3.63, 3.8) is 0 Å². The van der Waals surface area contributed by atoms with Crippen LogP contribution >= 0.6 is 0 Å². The van der Waals surface area contributed by atoms with Crippen LogP contribution in [0, 0.1) is 13.8 Å². The first-order chi connectivity index (χ1) is 6.77. The molecule has 72 valence electrons. The third-order valence-electron chi connectivity index (χ3n) is 1.80. The predicted octanol–water partition coefficient (Wildman–Crippen LogP) is 1.37. The molecule has 0 unspecified atom stereocenters. The van der Waals surface area contributed by atoms with E-state index in [9.17, 15) is 0 Å². The highest BCUT2D eigenvalue weighted by Gasteiger charge is 2.01. The molecule has 0 N–H and O–H groups in total. The van der Waals surface area contributed by atoms with Crippen LogP contribution < -0.4 is 0 Å². The van der Waals surface area contributed by atoms with Crippen LogP contribution in [-0.2, 0) is 0 Å². The van der Waals surface area contributed by atoms with Crippen LogP contribution in [0.3, 0.4) is 0 Å². The van der Waals surface area contributed by atoms with Crippen LogP contribution in [0.1, 0.15) is 17.4 Å². The Hall–Kier alpha value is -1.91. The van der Waals surface area contributed by atoms with Gasteiger partial charge < -0.3 is 4.42 Å². The van der Waals surface area contributed by atoms with Crippen LogP contribution in [0.5, 0.6) is 0 Å². The molecule has 0 radical (unpaired) electrons. The molecule has 5 heteroatoms. The molecule has 2 heterocycles. The van der Waals surface area contributed by atoms with Gasteiger partial charge in [0, 0.05) is 0 Å². The van der Waals surface area contributed by atoms with Crippen LogP contribution in [0.4, 0.5) is 0 Å². The van der Waals surface area contributed by atoms with E-state index < -0.39 is 0 Å². The Balaban J connectivity index is 2.26. The molecule has 0 aliphatic heterocycles. The molecule has 0 saturated carbocycles. The maximum absolute atomic E-state index is 5.11. The van der Waals surface area contributed by atoms with Gasteiger partial charge in [0.25, 0.3) is 0 Å². The standard InChI is InChI=1S/C9H10N4O/c1-7-11-12-8(2)13(7)10-6-9-4-3-5-14-9/h3-6H,1-2H3/b10-6+. The number of nitrogens with zero attached hydrogens (tertiary/aromatic N) is 4. The van der Waals surface area contributed by atoms with E-state index in [1.165, 1.54) is 0 Å². The third-order valence-corrected chi connectivity index (χ3v) is 1.80. The number of aryl methyl sites for hydroxylation is 2. The molecule has 0 saturated heterocycles. The van der Waals surface area contributed by atoms with Gasteiger partial charge in [0.1, 0.15) is 5.76 Å². The van der Waals surface area contributed by atoms with Crippen molar-refractivity contribution in [3.8, 4) is 0 Å². The first-order valence-corrected chi connectivity index (χ1v) is 4.24. The van der Waals surface area contributed by atoms with Crippen LogP contribution in [0.15, 0.2) is 27.9 Å². The summed E-state index contributed by atoms with van der Waals surface area (Å²) in [6.07, 6.45) is 3.23. The third kappa shape index (κ3) is 1.56. The van der Waals surface area contributed by atoms with E-state index in [1.807, 2.05) is 26.0 Å². The van der Waals surface area contributed by atoms with E-state index in [0.717, 1.165) is 11.6 Å². The van der Waals surface area contributed by atoms with Gasteiger partial charge in [-0.1, -0.05) is 0 Å². The summed E-state index contributed by atoms with van der Waals surface area (Å²) >= 11 is 0. The topological polar surface area (TPSA) is 56.2 Å². The Morgan fingerprint density at radius 1 is 1.36 bits per heavy atom. The number of hydrogen-bond donors (Lipinski definition) is 0. The minimum atomic E-state index is 0.706. The fourth-order valence-corrected chi connectivity index (χ4v) is 1.11. The maximum Gasteiger partial charge on any atom is 0.151 e. The average Bonchev–Trinajstić information content (AvgIpc) is 2.76. The van der Waals surface area contributed by atoms with Gasteiger partial charge in [-0.25, -0.2) is 4.68 Å². The van der Waals surface area contributed by atoms with Crippen molar-refractivity contribution in [1.82, 2.24) is 14.9 Å². The average molecular weight is 190 g/mol. The summed E-state index contributed by atoms with van der Waals surface area (Å²) in [7, 11) is 0. The first kappa shape index (κ1) is 8.68. The Morgan fingerprint density at radius 2 is 2.07 bits per heavy atom. The summed E-state index contributed by atoms with van der Waals surface area (Å²) in [5.74, 6) is 2.22. The molecule has 0 fully saturated rings.